The molecule has 3 heterocycles. The van der Waals surface area contributed by atoms with Crippen molar-refractivity contribution in [1.82, 2.24) is 26.2 Å². The fourth-order valence-corrected chi connectivity index (χ4v) is 5.35. The summed E-state index contributed by atoms with van der Waals surface area (Å²) in [6, 6.07) is 12.2. The topological polar surface area (TPSA) is 175 Å². The first-order chi connectivity index (χ1) is 22.0. The fourth-order valence-electron chi connectivity index (χ4n) is 5.35. The Morgan fingerprint density at radius 2 is 1.52 bits per heavy atom. The number of hydrogen-bond acceptors (Lipinski definition) is 8. The molecule has 5 rings (SSSR count). The predicted octanol–water partition coefficient (Wildman–Crippen LogP) is 0.301. The summed E-state index contributed by atoms with van der Waals surface area (Å²) in [5.41, 5.74) is -0.671. The SMILES string of the molecule is CC(C)C(=O)N1CCC2(CC1)Oc1ccc(cc1)OCCNC(=O)[C@H](C)NC(=O)[C@H](CO)NC(=O)[C@@H](Cc1ccccc1)NC2=O. The number of carbonyl (C=O) groups is 5. The number of amides is 5. The van der Waals surface area contributed by atoms with Gasteiger partial charge in [-0.25, -0.2) is 0 Å². The number of aliphatic hydroxyl groups excluding tert-OH is 1. The number of aliphatic hydroxyl groups is 1. The molecule has 0 saturated carbocycles. The lowest BCUT2D eigenvalue weighted by Gasteiger charge is -2.41. The Kier molecular flexibility index (Phi) is 11.6. The van der Waals surface area contributed by atoms with Crippen LogP contribution >= 0.6 is 0 Å². The third-order valence-corrected chi connectivity index (χ3v) is 8.07. The maximum Gasteiger partial charge on any atom is 0.265 e. The Morgan fingerprint density at radius 1 is 0.891 bits per heavy atom. The smallest absolute Gasteiger partial charge is 0.265 e. The molecule has 5 amide bonds. The second kappa shape index (κ2) is 15.6. The molecule has 1 saturated heterocycles. The van der Waals surface area contributed by atoms with E-state index in [-0.39, 0.29) is 57.3 Å². The largest absolute Gasteiger partial charge is 0.492 e. The molecule has 2 bridgehead atoms. The summed E-state index contributed by atoms with van der Waals surface area (Å²) in [5.74, 6) is -1.82. The van der Waals surface area contributed by atoms with Gasteiger partial charge in [-0.05, 0) is 36.8 Å². The van der Waals surface area contributed by atoms with Crippen LogP contribution in [0.5, 0.6) is 11.5 Å². The number of piperidine rings is 1. The lowest BCUT2D eigenvalue weighted by molar-refractivity contribution is -0.149. The van der Waals surface area contributed by atoms with Crippen LogP contribution in [0, 0.1) is 5.92 Å². The minimum Gasteiger partial charge on any atom is -0.492 e. The van der Waals surface area contributed by atoms with E-state index in [0.29, 0.717) is 11.5 Å². The molecule has 0 aromatic heterocycles. The molecule has 2 aromatic rings. The van der Waals surface area contributed by atoms with Gasteiger partial charge in [-0.15, -0.1) is 0 Å². The van der Waals surface area contributed by atoms with Crippen LogP contribution < -0.4 is 30.7 Å². The standard InChI is InChI=1S/C33H43N5O8/c1-21(2)31(43)38-16-13-33(14-17-38)32(44)37-26(19-23-7-5-4-6-8-23)29(41)36-27(20-39)30(42)35-22(3)28(40)34-15-18-45-24-9-11-25(46-33)12-10-24/h4-12,21-22,26-27,39H,13-20H2,1-3H3,(H,34,40)(H,35,42)(H,36,41)(H,37,44)/t22-,26+,27-/m0/s1. The molecular weight excluding hydrogens is 594 g/mol. The molecular formula is C33H43N5O8. The number of carbonyl (C=O) groups excluding carboxylic acids is 5. The summed E-state index contributed by atoms with van der Waals surface area (Å²) in [5, 5.41) is 20.5. The Morgan fingerprint density at radius 3 is 2.15 bits per heavy atom. The summed E-state index contributed by atoms with van der Waals surface area (Å²) in [6.07, 6.45) is 0.431. The second-order valence-corrected chi connectivity index (χ2v) is 11.9. The van der Waals surface area contributed by atoms with Crippen molar-refractivity contribution in [2.24, 2.45) is 5.92 Å². The van der Waals surface area contributed by atoms with E-state index in [1.165, 1.54) is 6.92 Å². The molecule has 0 aliphatic carbocycles. The summed E-state index contributed by atoms with van der Waals surface area (Å²) in [7, 11) is 0. The highest BCUT2D eigenvalue weighted by molar-refractivity contribution is 5.95. The first-order valence-electron chi connectivity index (χ1n) is 15.6. The molecule has 1 fully saturated rings. The van der Waals surface area contributed by atoms with Gasteiger partial charge in [0.1, 0.15) is 36.2 Å². The van der Waals surface area contributed by atoms with Crippen molar-refractivity contribution >= 4 is 29.5 Å². The first kappa shape index (κ1) is 34.2. The van der Waals surface area contributed by atoms with E-state index in [0.717, 1.165) is 5.56 Å². The van der Waals surface area contributed by atoms with Crippen molar-refractivity contribution in [3.63, 3.8) is 0 Å². The second-order valence-electron chi connectivity index (χ2n) is 11.9. The molecule has 46 heavy (non-hydrogen) atoms. The van der Waals surface area contributed by atoms with Crippen LogP contribution in [0.25, 0.3) is 0 Å². The van der Waals surface area contributed by atoms with Gasteiger partial charge in [-0.3, -0.25) is 24.0 Å². The summed E-state index contributed by atoms with van der Waals surface area (Å²) in [6.45, 7) is 5.24. The molecule has 0 radical (unpaired) electrons. The molecule has 3 atom stereocenters. The van der Waals surface area contributed by atoms with Crippen molar-refractivity contribution < 1.29 is 38.6 Å². The van der Waals surface area contributed by atoms with Crippen LogP contribution in [0.1, 0.15) is 39.2 Å². The zero-order valence-electron chi connectivity index (χ0n) is 26.4. The molecule has 3 aliphatic rings. The van der Waals surface area contributed by atoms with Crippen molar-refractivity contribution in [2.75, 3.05) is 32.8 Å². The van der Waals surface area contributed by atoms with E-state index in [4.69, 9.17) is 9.47 Å². The van der Waals surface area contributed by atoms with Gasteiger partial charge in [0, 0.05) is 38.3 Å². The monoisotopic (exact) mass is 637 g/mol. The summed E-state index contributed by atoms with van der Waals surface area (Å²) >= 11 is 0. The fraction of sp³-hybridized carbons (Fsp3) is 0.485. The number of benzene rings is 2. The van der Waals surface area contributed by atoms with Crippen LogP contribution in [0.4, 0.5) is 0 Å². The van der Waals surface area contributed by atoms with Gasteiger partial charge in [0.15, 0.2) is 5.60 Å². The first-order valence-corrected chi connectivity index (χ1v) is 15.6. The van der Waals surface area contributed by atoms with Gasteiger partial charge in [-0.2, -0.15) is 0 Å². The maximum atomic E-state index is 14.2. The van der Waals surface area contributed by atoms with Crippen LogP contribution in [-0.2, 0) is 30.4 Å². The van der Waals surface area contributed by atoms with E-state index in [2.05, 4.69) is 21.3 Å². The third-order valence-electron chi connectivity index (χ3n) is 8.07. The van der Waals surface area contributed by atoms with E-state index < -0.39 is 54.0 Å². The average molecular weight is 638 g/mol. The van der Waals surface area contributed by atoms with Crippen molar-refractivity contribution in [3.8, 4) is 11.5 Å². The Labute approximate surface area is 268 Å². The Balaban J connectivity index is 1.67. The van der Waals surface area contributed by atoms with E-state index in [9.17, 15) is 29.1 Å². The number of likely N-dealkylation sites (tertiary alicyclic amines) is 1. The molecule has 1 spiro atoms. The van der Waals surface area contributed by atoms with Gasteiger partial charge in [-0.1, -0.05) is 44.2 Å². The highest BCUT2D eigenvalue weighted by Gasteiger charge is 2.46. The average Bonchev–Trinajstić information content (AvgIpc) is 3.05. The van der Waals surface area contributed by atoms with E-state index >= 15 is 0 Å². The number of fused-ring (bicyclic) bond motifs is 15. The van der Waals surface area contributed by atoms with E-state index in [1.807, 2.05) is 19.9 Å². The minimum absolute atomic E-state index is 0.0242. The molecule has 248 valence electrons. The predicted molar refractivity (Wildman–Crippen MR) is 168 cm³/mol. The Hall–Kier alpha value is -4.65. The zero-order chi connectivity index (χ0) is 33.3. The van der Waals surface area contributed by atoms with Crippen LogP contribution in [0.3, 0.4) is 0 Å². The van der Waals surface area contributed by atoms with Crippen LogP contribution in [0.15, 0.2) is 54.6 Å². The molecule has 3 aliphatic heterocycles. The van der Waals surface area contributed by atoms with Crippen LogP contribution in [0.2, 0.25) is 0 Å². The van der Waals surface area contributed by atoms with Gasteiger partial charge in [0.2, 0.25) is 23.6 Å². The van der Waals surface area contributed by atoms with Crippen LogP contribution in [-0.4, -0.2) is 96.1 Å². The van der Waals surface area contributed by atoms with Crippen molar-refractivity contribution in [2.45, 2.75) is 63.8 Å². The molecule has 2 aromatic carbocycles. The zero-order valence-corrected chi connectivity index (χ0v) is 26.4. The lowest BCUT2D eigenvalue weighted by Crippen LogP contribution is -2.63. The quantitative estimate of drug-likeness (QED) is 0.298. The molecule has 13 nitrogen and oxygen atoms in total. The Bertz CT molecular complexity index is 1380. The third kappa shape index (κ3) is 8.75. The van der Waals surface area contributed by atoms with Gasteiger partial charge < -0.3 is 40.7 Å². The number of rotatable bonds is 4. The van der Waals surface area contributed by atoms with Gasteiger partial charge >= 0.3 is 0 Å². The molecule has 5 N–H and O–H groups in total. The molecule has 0 unspecified atom stereocenters. The normalized spacial score (nSPS) is 23.0. The van der Waals surface area contributed by atoms with Crippen molar-refractivity contribution in [1.29, 1.82) is 0 Å². The number of nitrogens with zero attached hydrogens (tertiary/aromatic N) is 1. The highest BCUT2D eigenvalue weighted by atomic mass is 16.5. The van der Waals surface area contributed by atoms with Gasteiger partial charge in [0.25, 0.3) is 5.91 Å². The number of ether oxygens (including phenoxy) is 2. The number of nitrogens with one attached hydrogen (secondary N) is 4. The minimum atomic E-state index is -1.42. The summed E-state index contributed by atoms with van der Waals surface area (Å²) in [4.78, 5) is 67.8. The molecule has 13 heteroatoms. The number of hydrogen-bond donors (Lipinski definition) is 5. The lowest BCUT2D eigenvalue weighted by atomic mass is 9.88. The highest BCUT2D eigenvalue weighted by Crippen LogP contribution is 2.31. The van der Waals surface area contributed by atoms with E-state index in [1.54, 1.807) is 53.4 Å². The van der Waals surface area contributed by atoms with Gasteiger partial charge in [0.05, 0.1) is 13.2 Å². The summed E-state index contributed by atoms with van der Waals surface area (Å²) < 4.78 is 12.1. The van der Waals surface area contributed by atoms with Crippen molar-refractivity contribution in [3.05, 3.63) is 60.2 Å². The maximum absolute atomic E-state index is 14.2.